The van der Waals surface area contributed by atoms with Gasteiger partial charge in [-0.25, -0.2) is 0 Å². The van der Waals surface area contributed by atoms with Crippen LogP contribution in [0.15, 0.2) is 24.5 Å². The van der Waals surface area contributed by atoms with Crippen molar-refractivity contribution in [3.05, 3.63) is 30.1 Å². The lowest BCUT2D eigenvalue weighted by Gasteiger charge is -2.13. The molecule has 2 heterocycles. The molecule has 2 atom stereocenters. The lowest BCUT2D eigenvalue weighted by molar-refractivity contribution is 0.326. The maximum atomic E-state index is 4.01. The fourth-order valence-electron chi connectivity index (χ4n) is 2.10. The van der Waals surface area contributed by atoms with E-state index < -0.39 is 0 Å². The highest BCUT2D eigenvalue weighted by molar-refractivity contribution is 5.09. The van der Waals surface area contributed by atoms with E-state index in [1.807, 2.05) is 12.4 Å². The van der Waals surface area contributed by atoms with Crippen molar-refractivity contribution in [1.29, 1.82) is 0 Å². The van der Waals surface area contributed by atoms with Crippen molar-refractivity contribution in [2.75, 3.05) is 13.6 Å². The molecule has 1 fully saturated rings. The third-order valence-corrected chi connectivity index (χ3v) is 3.23. The molecular weight excluding hydrogens is 186 g/mol. The number of hydrogen-bond acceptors (Lipinski definition) is 3. The molecule has 0 aromatic carbocycles. The Hall–Kier alpha value is -0.930. The SMILES string of the molecule is CC1CC(NCc2ccncc2)CN1C. The van der Waals surface area contributed by atoms with E-state index >= 15 is 0 Å². The molecule has 0 aliphatic carbocycles. The Bertz CT molecular complexity index is 289. The average Bonchev–Trinajstić information content (AvgIpc) is 2.57. The van der Waals surface area contributed by atoms with Crippen molar-refractivity contribution in [2.45, 2.75) is 32.0 Å². The van der Waals surface area contributed by atoms with Crippen LogP contribution < -0.4 is 5.32 Å². The monoisotopic (exact) mass is 205 g/mol. The van der Waals surface area contributed by atoms with Crippen molar-refractivity contribution in [3.8, 4) is 0 Å². The first kappa shape index (κ1) is 10.6. The molecule has 15 heavy (non-hydrogen) atoms. The number of nitrogens with one attached hydrogen (secondary N) is 1. The largest absolute Gasteiger partial charge is 0.309 e. The van der Waals surface area contributed by atoms with E-state index in [1.165, 1.54) is 12.0 Å². The zero-order chi connectivity index (χ0) is 10.7. The van der Waals surface area contributed by atoms with Gasteiger partial charge in [-0.05, 0) is 38.1 Å². The first-order valence-electron chi connectivity index (χ1n) is 5.58. The van der Waals surface area contributed by atoms with Gasteiger partial charge < -0.3 is 10.2 Å². The minimum absolute atomic E-state index is 0.637. The molecular formula is C12H19N3. The molecule has 0 spiro atoms. The van der Waals surface area contributed by atoms with Gasteiger partial charge >= 0.3 is 0 Å². The van der Waals surface area contributed by atoms with E-state index in [1.54, 1.807) is 0 Å². The van der Waals surface area contributed by atoms with Gasteiger partial charge in [0.2, 0.25) is 0 Å². The van der Waals surface area contributed by atoms with Gasteiger partial charge in [-0.15, -0.1) is 0 Å². The molecule has 3 nitrogen and oxygen atoms in total. The number of pyridine rings is 1. The number of likely N-dealkylation sites (N-methyl/N-ethyl adjacent to an activating group) is 1. The molecule has 0 bridgehead atoms. The molecule has 1 aromatic heterocycles. The molecule has 1 aliphatic heterocycles. The first-order valence-corrected chi connectivity index (χ1v) is 5.58. The zero-order valence-electron chi connectivity index (χ0n) is 9.48. The number of likely N-dealkylation sites (tertiary alicyclic amines) is 1. The van der Waals surface area contributed by atoms with Gasteiger partial charge in [-0.3, -0.25) is 4.98 Å². The van der Waals surface area contributed by atoms with Gasteiger partial charge in [-0.2, -0.15) is 0 Å². The van der Waals surface area contributed by atoms with Crippen LogP contribution in [0.5, 0.6) is 0 Å². The van der Waals surface area contributed by atoms with Gasteiger partial charge in [-0.1, -0.05) is 0 Å². The summed E-state index contributed by atoms with van der Waals surface area (Å²) >= 11 is 0. The fraction of sp³-hybridized carbons (Fsp3) is 0.583. The third-order valence-electron chi connectivity index (χ3n) is 3.23. The molecule has 0 amide bonds. The second-order valence-electron chi connectivity index (χ2n) is 4.46. The van der Waals surface area contributed by atoms with Gasteiger partial charge in [0.25, 0.3) is 0 Å². The topological polar surface area (TPSA) is 28.2 Å². The lowest BCUT2D eigenvalue weighted by Crippen LogP contribution is -2.31. The van der Waals surface area contributed by atoms with Crippen molar-refractivity contribution < 1.29 is 0 Å². The van der Waals surface area contributed by atoms with Gasteiger partial charge in [0.05, 0.1) is 0 Å². The minimum atomic E-state index is 0.637. The number of hydrogen-bond donors (Lipinski definition) is 1. The van der Waals surface area contributed by atoms with Crippen LogP contribution in [-0.2, 0) is 6.54 Å². The Kier molecular flexibility index (Phi) is 3.34. The molecule has 3 heteroatoms. The smallest absolute Gasteiger partial charge is 0.0271 e. The van der Waals surface area contributed by atoms with Crippen molar-refractivity contribution in [2.24, 2.45) is 0 Å². The molecule has 1 N–H and O–H groups in total. The summed E-state index contributed by atoms with van der Waals surface area (Å²) in [7, 11) is 2.19. The minimum Gasteiger partial charge on any atom is -0.309 e. The molecule has 82 valence electrons. The van der Waals surface area contributed by atoms with Crippen LogP contribution in [0.3, 0.4) is 0 Å². The van der Waals surface area contributed by atoms with E-state index in [0.29, 0.717) is 12.1 Å². The predicted octanol–water partition coefficient (Wildman–Crippen LogP) is 1.26. The van der Waals surface area contributed by atoms with E-state index in [4.69, 9.17) is 0 Å². The van der Waals surface area contributed by atoms with Crippen LogP contribution in [0.2, 0.25) is 0 Å². The Balaban J connectivity index is 1.80. The van der Waals surface area contributed by atoms with Crippen LogP contribution in [0.4, 0.5) is 0 Å². The molecule has 0 saturated carbocycles. The van der Waals surface area contributed by atoms with Gasteiger partial charge in [0, 0.05) is 37.6 Å². The van der Waals surface area contributed by atoms with Gasteiger partial charge in [0.1, 0.15) is 0 Å². The Morgan fingerprint density at radius 3 is 2.80 bits per heavy atom. The summed E-state index contributed by atoms with van der Waals surface area (Å²) in [5.41, 5.74) is 1.31. The second-order valence-corrected chi connectivity index (χ2v) is 4.46. The number of nitrogens with zero attached hydrogens (tertiary/aromatic N) is 2. The van der Waals surface area contributed by atoms with E-state index in [9.17, 15) is 0 Å². The third kappa shape index (κ3) is 2.76. The maximum Gasteiger partial charge on any atom is 0.0271 e. The summed E-state index contributed by atoms with van der Waals surface area (Å²) in [5, 5.41) is 3.59. The van der Waals surface area contributed by atoms with Crippen LogP contribution in [0.1, 0.15) is 18.9 Å². The lowest BCUT2D eigenvalue weighted by atomic mass is 10.2. The highest BCUT2D eigenvalue weighted by Gasteiger charge is 2.25. The summed E-state index contributed by atoms with van der Waals surface area (Å²) in [6.45, 7) is 4.40. The molecule has 2 rings (SSSR count). The number of aromatic nitrogens is 1. The van der Waals surface area contributed by atoms with Crippen molar-refractivity contribution >= 4 is 0 Å². The molecule has 1 aromatic rings. The van der Waals surface area contributed by atoms with Crippen LogP contribution >= 0.6 is 0 Å². The van der Waals surface area contributed by atoms with Crippen LogP contribution in [0, 0.1) is 0 Å². The normalized spacial score (nSPS) is 27.1. The Morgan fingerprint density at radius 1 is 1.47 bits per heavy atom. The van der Waals surface area contributed by atoms with E-state index in [2.05, 4.69) is 41.3 Å². The fourth-order valence-corrected chi connectivity index (χ4v) is 2.10. The molecule has 0 radical (unpaired) electrons. The molecule has 2 unspecified atom stereocenters. The zero-order valence-corrected chi connectivity index (χ0v) is 9.48. The molecule has 1 saturated heterocycles. The van der Waals surface area contributed by atoms with Crippen LogP contribution in [0.25, 0.3) is 0 Å². The quantitative estimate of drug-likeness (QED) is 0.805. The standard InChI is InChI=1S/C12H19N3/c1-10-7-12(9-15(10)2)14-8-11-3-5-13-6-4-11/h3-6,10,12,14H,7-9H2,1-2H3. The number of rotatable bonds is 3. The summed E-state index contributed by atoms with van der Waals surface area (Å²) in [5.74, 6) is 0. The highest BCUT2D eigenvalue weighted by atomic mass is 15.2. The second kappa shape index (κ2) is 4.73. The summed E-state index contributed by atoms with van der Waals surface area (Å²) in [6, 6.07) is 5.47. The Labute approximate surface area is 91.5 Å². The van der Waals surface area contributed by atoms with E-state index in [0.717, 1.165) is 13.1 Å². The summed E-state index contributed by atoms with van der Waals surface area (Å²) in [4.78, 5) is 6.42. The predicted molar refractivity (Wildman–Crippen MR) is 61.6 cm³/mol. The van der Waals surface area contributed by atoms with Crippen LogP contribution in [-0.4, -0.2) is 35.6 Å². The average molecular weight is 205 g/mol. The van der Waals surface area contributed by atoms with E-state index in [-0.39, 0.29) is 0 Å². The highest BCUT2D eigenvalue weighted by Crippen LogP contribution is 2.15. The molecule has 1 aliphatic rings. The first-order chi connectivity index (χ1) is 7.25. The van der Waals surface area contributed by atoms with Crippen molar-refractivity contribution in [1.82, 2.24) is 15.2 Å². The van der Waals surface area contributed by atoms with Gasteiger partial charge in [0.15, 0.2) is 0 Å². The summed E-state index contributed by atoms with van der Waals surface area (Å²) in [6.07, 6.45) is 4.95. The Morgan fingerprint density at radius 2 is 2.20 bits per heavy atom. The van der Waals surface area contributed by atoms with Crippen molar-refractivity contribution in [3.63, 3.8) is 0 Å². The summed E-state index contributed by atoms with van der Waals surface area (Å²) < 4.78 is 0. The maximum absolute atomic E-state index is 4.01.